The van der Waals surface area contributed by atoms with Crippen molar-refractivity contribution in [2.75, 3.05) is 25.0 Å². The molecule has 1 aliphatic rings. The summed E-state index contributed by atoms with van der Waals surface area (Å²) < 4.78 is 6.49. The lowest BCUT2D eigenvalue weighted by molar-refractivity contribution is 0.0832. The number of carbonyl (C=O) groups is 1. The molecule has 132 valence electrons. The summed E-state index contributed by atoms with van der Waals surface area (Å²) in [5.41, 5.74) is 2.15. The van der Waals surface area contributed by atoms with Gasteiger partial charge in [0.2, 0.25) is 0 Å². The molecule has 0 bridgehead atoms. The van der Waals surface area contributed by atoms with Crippen LogP contribution in [0.3, 0.4) is 0 Å². The molecule has 4 nitrogen and oxygen atoms in total. The van der Waals surface area contributed by atoms with E-state index in [-0.39, 0.29) is 6.09 Å². The molecule has 1 amide bonds. The van der Waals surface area contributed by atoms with Gasteiger partial charge in [-0.1, -0.05) is 46.3 Å². The predicted molar refractivity (Wildman–Crippen MR) is 104 cm³/mol. The van der Waals surface area contributed by atoms with Crippen LogP contribution < -0.4 is 5.32 Å². The number of hydrogen-bond acceptors (Lipinski definition) is 3. The van der Waals surface area contributed by atoms with Gasteiger partial charge in [-0.2, -0.15) is 0 Å². The number of rotatable bonds is 5. The molecule has 1 saturated heterocycles. The highest BCUT2D eigenvalue weighted by Crippen LogP contribution is 2.20. The van der Waals surface area contributed by atoms with Crippen molar-refractivity contribution in [1.82, 2.24) is 4.90 Å². The number of nitrogens with zero attached hydrogens (tertiary/aromatic N) is 1. The van der Waals surface area contributed by atoms with Crippen molar-refractivity contribution in [3.8, 4) is 0 Å². The van der Waals surface area contributed by atoms with E-state index in [4.69, 9.17) is 4.74 Å². The Labute approximate surface area is 157 Å². The maximum Gasteiger partial charge on any atom is 0.410 e. The van der Waals surface area contributed by atoms with Crippen LogP contribution >= 0.6 is 15.9 Å². The van der Waals surface area contributed by atoms with Crippen LogP contribution in [-0.4, -0.2) is 30.6 Å². The molecule has 1 heterocycles. The largest absolute Gasteiger partial charge is 0.445 e. The molecule has 1 N–H and O–H groups in total. The Balaban J connectivity index is 1.37. The fourth-order valence-corrected chi connectivity index (χ4v) is 3.22. The zero-order valence-corrected chi connectivity index (χ0v) is 15.7. The maximum absolute atomic E-state index is 12.2. The second-order valence-corrected chi connectivity index (χ2v) is 7.27. The number of likely N-dealkylation sites (tertiary alicyclic amines) is 1. The minimum Gasteiger partial charge on any atom is -0.445 e. The summed E-state index contributed by atoms with van der Waals surface area (Å²) in [7, 11) is 0. The lowest BCUT2D eigenvalue weighted by atomic mass is 9.97. The Morgan fingerprint density at radius 3 is 2.44 bits per heavy atom. The van der Waals surface area contributed by atoms with E-state index in [0.29, 0.717) is 12.5 Å². The number of amides is 1. The second-order valence-electron chi connectivity index (χ2n) is 6.36. The monoisotopic (exact) mass is 402 g/mol. The quantitative estimate of drug-likeness (QED) is 0.772. The molecular formula is C20H23BrN2O2. The SMILES string of the molecule is O=C(OCc1ccccc1)N1CCC(CNc2ccc(Br)cc2)CC1. The molecule has 25 heavy (non-hydrogen) atoms. The van der Waals surface area contributed by atoms with Gasteiger partial charge in [0.05, 0.1) is 0 Å². The van der Waals surface area contributed by atoms with Gasteiger partial charge in [-0.05, 0) is 48.6 Å². The first-order chi connectivity index (χ1) is 12.2. The van der Waals surface area contributed by atoms with E-state index < -0.39 is 0 Å². The number of anilines is 1. The van der Waals surface area contributed by atoms with Gasteiger partial charge in [0.25, 0.3) is 0 Å². The van der Waals surface area contributed by atoms with Crippen molar-refractivity contribution < 1.29 is 9.53 Å². The molecule has 0 aromatic heterocycles. The Kier molecular flexibility index (Phi) is 6.34. The van der Waals surface area contributed by atoms with Crippen LogP contribution in [0.1, 0.15) is 18.4 Å². The van der Waals surface area contributed by atoms with Crippen LogP contribution in [0.5, 0.6) is 0 Å². The Bertz CT molecular complexity index is 668. The normalized spacial score (nSPS) is 15.0. The van der Waals surface area contributed by atoms with E-state index in [1.54, 1.807) is 0 Å². The smallest absolute Gasteiger partial charge is 0.410 e. The van der Waals surface area contributed by atoms with E-state index >= 15 is 0 Å². The number of ether oxygens (including phenoxy) is 1. The molecule has 0 unspecified atom stereocenters. The molecule has 0 saturated carbocycles. The second kappa shape index (κ2) is 8.90. The van der Waals surface area contributed by atoms with Crippen molar-refractivity contribution >= 4 is 27.7 Å². The molecule has 1 fully saturated rings. The van der Waals surface area contributed by atoms with Crippen molar-refractivity contribution in [1.29, 1.82) is 0 Å². The summed E-state index contributed by atoms with van der Waals surface area (Å²) in [5.74, 6) is 0.585. The van der Waals surface area contributed by atoms with Gasteiger partial charge in [0.15, 0.2) is 0 Å². The minimum atomic E-state index is -0.205. The van der Waals surface area contributed by atoms with Crippen LogP contribution in [0.2, 0.25) is 0 Å². The molecule has 0 spiro atoms. The van der Waals surface area contributed by atoms with Gasteiger partial charge in [-0.3, -0.25) is 0 Å². The van der Waals surface area contributed by atoms with Gasteiger partial charge in [-0.15, -0.1) is 0 Å². The molecule has 1 aliphatic heterocycles. The average molecular weight is 403 g/mol. The van der Waals surface area contributed by atoms with Gasteiger partial charge in [-0.25, -0.2) is 4.79 Å². The van der Waals surface area contributed by atoms with Gasteiger partial charge in [0.1, 0.15) is 6.61 Å². The highest BCUT2D eigenvalue weighted by atomic mass is 79.9. The molecule has 3 rings (SSSR count). The predicted octanol–water partition coefficient (Wildman–Crippen LogP) is 4.91. The zero-order chi connectivity index (χ0) is 17.5. The van der Waals surface area contributed by atoms with Crippen molar-refractivity contribution in [3.05, 3.63) is 64.6 Å². The number of piperidine rings is 1. The van der Waals surface area contributed by atoms with E-state index in [0.717, 1.165) is 48.2 Å². The molecule has 0 atom stereocenters. The summed E-state index contributed by atoms with van der Waals surface area (Å²) in [6.45, 7) is 2.81. The Morgan fingerprint density at radius 1 is 1.08 bits per heavy atom. The Morgan fingerprint density at radius 2 is 1.76 bits per heavy atom. The van der Waals surface area contributed by atoms with Gasteiger partial charge < -0.3 is 15.0 Å². The van der Waals surface area contributed by atoms with Crippen molar-refractivity contribution in [3.63, 3.8) is 0 Å². The number of carbonyl (C=O) groups excluding carboxylic acids is 1. The van der Waals surface area contributed by atoms with Crippen LogP contribution in [0, 0.1) is 5.92 Å². The number of nitrogens with one attached hydrogen (secondary N) is 1. The van der Waals surface area contributed by atoms with Crippen molar-refractivity contribution in [2.45, 2.75) is 19.4 Å². The molecule has 0 radical (unpaired) electrons. The molecular weight excluding hydrogens is 380 g/mol. The van der Waals surface area contributed by atoms with Gasteiger partial charge in [0, 0.05) is 29.8 Å². The van der Waals surface area contributed by atoms with E-state index in [1.807, 2.05) is 47.4 Å². The fraction of sp³-hybridized carbons (Fsp3) is 0.350. The summed E-state index contributed by atoms with van der Waals surface area (Å²) >= 11 is 3.44. The summed E-state index contributed by atoms with van der Waals surface area (Å²) in [4.78, 5) is 14.0. The van der Waals surface area contributed by atoms with Crippen LogP contribution in [0.4, 0.5) is 10.5 Å². The van der Waals surface area contributed by atoms with Crippen LogP contribution in [0.25, 0.3) is 0 Å². The first-order valence-electron chi connectivity index (χ1n) is 8.66. The third kappa shape index (κ3) is 5.49. The Hall–Kier alpha value is -2.01. The highest BCUT2D eigenvalue weighted by Gasteiger charge is 2.23. The summed E-state index contributed by atoms with van der Waals surface area (Å²) in [5, 5.41) is 3.48. The first-order valence-corrected chi connectivity index (χ1v) is 9.45. The topological polar surface area (TPSA) is 41.6 Å². The third-order valence-corrected chi connectivity index (χ3v) is 5.05. The van der Waals surface area contributed by atoms with Crippen molar-refractivity contribution in [2.24, 2.45) is 5.92 Å². The molecule has 2 aromatic rings. The lowest BCUT2D eigenvalue weighted by Gasteiger charge is -2.31. The zero-order valence-electron chi connectivity index (χ0n) is 14.2. The minimum absolute atomic E-state index is 0.205. The van der Waals surface area contributed by atoms with E-state index in [1.165, 1.54) is 0 Å². The standard InChI is InChI=1S/C20H23BrN2O2/c21-18-6-8-19(9-7-18)22-14-16-10-12-23(13-11-16)20(24)25-15-17-4-2-1-3-5-17/h1-9,16,22H,10-15H2. The average Bonchev–Trinajstić information content (AvgIpc) is 2.67. The third-order valence-electron chi connectivity index (χ3n) is 4.52. The summed E-state index contributed by atoms with van der Waals surface area (Å²) in [6, 6.07) is 18.0. The lowest BCUT2D eigenvalue weighted by Crippen LogP contribution is -2.40. The molecule has 5 heteroatoms. The molecule has 0 aliphatic carbocycles. The van der Waals surface area contributed by atoms with Gasteiger partial charge >= 0.3 is 6.09 Å². The maximum atomic E-state index is 12.2. The highest BCUT2D eigenvalue weighted by molar-refractivity contribution is 9.10. The van der Waals surface area contributed by atoms with Crippen LogP contribution in [0.15, 0.2) is 59.1 Å². The van der Waals surface area contributed by atoms with E-state index in [9.17, 15) is 4.79 Å². The molecule has 2 aromatic carbocycles. The summed E-state index contributed by atoms with van der Waals surface area (Å²) in [6.07, 6.45) is 1.80. The first kappa shape index (κ1) is 17.8. The van der Waals surface area contributed by atoms with Crippen LogP contribution in [-0.2, 0) is 11.3 Å². The number of halogens is 1. The fourth-order valence-electron chi connectivity index (χ4n) is 2.96. The van der Waals surface area contributed by atoms with E-state index in [2.05, 4.69) is 33.4 Å². The number of benzene rings is 2. The number of hydrogen-bond donors (Lipinski definition) is 1.